The van der Waals surface area contributed by atoms with E-state index in [-0.39, 0.29) is 10.7 Å². The molecule has 66 valence electrons. The molecule has 0 amide bonds. The van der Waals surface area contributed by atoms with Gasteiger partial charge in [-0.15, -0.1) is 0 Å². The number of nitrogens with one attached hydrogen (secondary N) is 2. The minimum atomic E-state index is -1.15. The van der Waals surface area contributed by atoms with E-state index >= 15 is 0 Å². The molecule has 0 bridgehead atoms. The molecule has 0 saturated carbocycles. The first-order chi connectivity index (χ1) is 5.65. The Hall–Kier alpha value is -1.17. The van der Waals surface area contributed by atoms with Crippen LogP contribution >= 0.6 is 12.2 Å². The second-order valence-corrected chi connectivity index (χ2v) is 2.64. The van der Waals surface area contributed by atoms with E-state index in [0.717, 1.165) is 0 Å². The molecule has 0 aromatic carbocycles. The molecule has 0 saturated heterocycles. The number of hydrogen-bond donors (Lipinski definition) is 3. The van der Waals surface area contributed by atoms with Gasteiger partial charge in [-0.1, -0.05) is 0 Å². The van der Waals surface area contributed by atoms with E-state index in [0.29, 0.717) is 0 Å². The summed E-state index contributed by atoms with van der Waals surface area (Å²) in [5.41, 5.74) is -0.0499. The molecule has 0 aromatic heterocycles. The Kier molecular flexibility index (Phi) is 2.59. The lowest BCUT2D eigenvalue weighted by molar-refractivity contribution is -0.133. The van der Waals surface area contributed by atoms with Gasteiger partial charge in [0.15, 0.2) is 5.11 Å². The number of carbonyl (C=O) groups is 1. The third-order valence-electron chi connectivity index (χ3n) is 1.44. The van der Waals surface area contributed by atoms with Crippen molar-refractivity contribution in [1.29, 1.82) is 0 Å². The van der Waals surface area contributed by atoms with Crippen molar-refractivity contribution in [2.45, 2.75) is 6.04 Å². The summed E-state index contributed by atoms with van der Waals surface area (Å²) in [6.45, 7) is -0.792. The number of alkyl halides is 1. The topological polar surface area (TPSA) is 61.4 Å². The van der Waals surface area contributed by atoms with Crippen molar-refractivity contribution >= 4 is 23.3 Å². The molecule has 0 aromatic rings. The maximum absolute atomic E-state index is 12.2. The van der Waals surface area contributed by atoms with E-state index in [1.165, 1.54) is 6.20 Å². The molecule has 3 N–H and O–H groups in total. The number of halogens is 1. The normalized spacial score (nSPS) is 22.2. The van der Waals surface area contributed by atoms with Gasteiger partial charge in [-0.25, -0.2) is 9.18 Å². The molecule has 1 aliphatic heterocycles. The van der Waals surface area contributed by atoms with Gasteiger partial charge in [-0.05, 0) is 12.2 Å². The summed E-state index contributed by atoms with van der Waals surface area (Å²) >= 11 is 4.66. The zero-order chi connectivity index (χ0) is 9.14. The quantitative estimate of drug-likeness (QED) is 0.525. The van der Waals surface area contributed by atoms with Crippen LogP contribution in [0.15, 0.2) is 11.8 Å². The van der Waals surface area contributed by atoms with Crippen molar-refractivity contribution in [1.82, 2.24) is 10.6 Å². The Bertz CT molecular complexity index is 254. The summed E-state index contributed by atoms with van der Waals surface area (Å²) in [4.78, 5) is 10.5. The summed E-state index contributed by atoms with van der Waals surface area (Å²) in [6, 6.07) is -0.837. The Labute approximate surface area is 73.4 Å². The number of carboxylic acids is 1. The van der Waals surface area contributed by atoms with Gasteiger partial charge in [0.1, 0.15) is 6.67 Å². The number of rotatable bonds is 2. The Morgan fingerprint density at radius 1 is 1.83 bits per heavy atom. The van der Waals surface area contributed by atoms with Crippen LogP contribution in [0.1, 0.15) is 0 Å². The predicted molar refractivity (Wildman–Crippen MR) is 44.4 cm³/mol. The summed E-state index contributed by atoms with van der Waals surface area (Å²) < 4.78 is 12.2. The SMILES string of the molecule is O=C(O)C1=CNC(=S)NC1CF. The van der Waals surface area contributed by atoms with Crippen LogP contribution in [0.4, 0.5) is 4.39 Å². The van der Waals surface area contributed by atoms with E-state index in [1.54, 1.807) is 0 Å². The van der Waals surface area contributed by atoms with Gasteiger partial charge in [-0.2, -0.15) is 0 Å². The third kappa shape index (κ3) is 1.70. The van der Waals surface area contributed by atoms with Gasteiger partial charge in [0.05, 0.1) is 11.6 Å². The number of aliphatic carboxylic acids is 1. The minimum absolute atomic E-state index is 0.0499. The van der Waals surface area contributed by atoms with Gasteiger partial charge in [0.2, 0.25) is 0 Å². The highest BCUT2D eigenvalue weighted by molar-refractivity contribution is 7.80. The second-order valence-electron chi connectivity index (χ2n) is 2.23. The summed E-state index contributed by atoms with van der Waals surface area (Å²) in [5.74, 6) is -1.15. The van der Waals surface area contributed by atoms with Crippen molar-refractivity contribution in [3.8, 4) is 0 Å². The fourth-order valence-electron chi connectivity index (χ4n) is 0.854. The lowest BCUT2D eigenvalue weighted by Crippen LogP contribution is -2.48. The van der Waals surface area contributed by atoms with E-state index in [4.69, 9.17) is 5.11 Å². The summed E-state index contributed by atoms with van der Waals surface area (Å²) in [5, 5.41) is 13.8. The van der Waals surface area contributed by atoms with E-state index < -0.39 is 18.7 Å². The molecule has 0 aliphatic carbocycles. The predicted octanol–water partition coefficient (Wildman–Crippen LogP) is -0.229. The smallest absolute Gasteiger partial charge is 0.335 e. The first kappa shape index (κ1) is 8.92. The molecular weight excluding hydrogens is 183 g/mol. The molecule has 1 atom stereocenters. The molecule has 1 heterocycles. The Balaban J connectivity index is 2.82. The van der Waals surface area contributed by atoms with E-state index in [2.05, 4.69) is 22.9 Å². The molecular formula is C6H7FN2O2S. The van der Waals surface area contributed by atoms with Crippen molar-refractivity contribution < 1.29 is 14.3 Å². The van der Waals surface area contributed by atoms with Crippen LogP contribution in [0.2, 0.25) is 0 Å². The standard InChI is InChI=1S/C6H7FN2O2S/c7-1-4-3(5(10)11)2-8-6(12)9-4/h2,4H,1H2,(H,10,11)(H2,8,9,12). The minimum Gasteiger partial charge on any atom is -0.478 e. The molecule has 0 spiro atoms. The Morgan fingerprint density at radius 2 is 2.50 bits per heavy atom. The zero-order valence-corrected chi connectivity index (χ0v) is 6.82. The highest BCUT2D eigenvalue weighted by atomic mass is 32.1. The second kappa shape index (κ2) is 3.48. The van der Waals surface area contributed by atoms with E-state index in [9.17, 15) is 9.18 Å². The van der Waals surface area contributed by atoms with Gasteiger partial charge in [-0.3, -0.25) is 0 Å². The van der Waals surface area contributed by atoms with Crippen LogP contribution < -0.4 is 10.6 Å². The molecule has 0 fully saturated rings. The van der Waals surface area contributed by atoms with Crippen LogP contribution in [-0.4, -0.2) is 28.9 Å². The number of hydrogen-bond acceptors (Lipinski definition) is 2. The van der Waals surface area contributed by atoms with Crippen LogP contribution in [0, 0.1) is 0 Å². The molecule has 1 aliphatic rings. The maximum Gasteiger partial charge on any atom is 0.335 e. The van der Waals surface area contributed by atoms with Crippen molar-refractivity contribution in [2.24, 2.45) is 0 Å². The van der Waals surface area contributed by atoms with Gasteiger partial charge in [0, 0.05) is 6.20 Å². The first-order valence-corrected chi connectivity index (χ1v) is 3.62. The lowest BCUT2D eigenvalue weighted by atomic mass is 10.1. The fourth-order valence-corrected chi connectivity index (χ4v) is 1.06. The van der Waals surface area contributed by atoms with E-state index in [1.807, 2.05) is 0 Å². The monoisotopic (exact) mass is 190 g/mol. The lowest BCUT2D eigenvalue weighted by Gasteiger charge is -2.22. The number of thiocarbonyl (C=S) groups is 1. The van der Waals surface area contributed by atoms with Crippen LogP contribution in [0.5, 0.6) is 0 Å². The van der Waals surface area contributed by atoms with Crippen molar-refractivity contribution in [2.75, 3.05) is 6.67 Å². The summed E-state index contributed by atoms with van der Waals surface area (Å²) in [7, 11) is 0. The molecule has 12 heavy (non-hydrogen) atoms. The molecule has 6 heteroatoms. The van der Waals surface area contributed by atoms with Crippen LogP contribution in [0.25, 0.3) is 0 Å². The average Bonchev–Trinajstić information content (AvgIpc) is 2.03. The van der Waals surface area contributed by atoms with Gasteiger partial charge in [0.25, 0.3) is 0 Å². The summed E-state index contributed by atoms with van der Waals surface area (Å²) in [6.07, 6.45) is 1.20. The van der Waals surface area contributed by atoms with Crippen molar-refractivity contribution in [3.05, 3.63) is 11.8 Å². The largest absolute Gasteiger partial charge is 0.478 e. The van der Waals surface area contributed by atoms with Crippen LogP contribution in [0.3, 0.4) is 0 Å². The van der Waals surface area contributed by atoms with Crippen molar-refractivity contribution in [3.63, 3.8) is 0 Å². The zero-order valence-electron chi connectivity index (χ0n) is 6.00. The molecule has 1 unspecified atom stereocenters. The molecule has 0 radical (unpaired) electrons. The highest BCUT2D eigenvalue weighted by Crippen LogP contribution is 2.06. The molecule has 1 rings (SSSR count). The Morgan fingerprint density at radius 3 is 3.00 bits per heavy atom. The van der Waals surface area contributed by atoms with Gasteiger partial charge < -0.3 is 15.7 Å². The van der Waals surface area contributed by atoms with Gasteiger partial charge >= 0.3 is 5.97 Å². The third-order valence-corrected chi connectivity index (χ3v) is 1.68. The first-order valence-electron chi connectivity index (χ1n) is 3.21. The number of carboxylic acid groups (broad SMARTS) is 1. The molecule has 4 nitrogen and oxygen atoms in total. The highest BCUT2D eigenvalue weighted by Gasteiger charge is 2.24. The maximum atomic E-state index is 12.2. The average molecular weight is 190 g/mol. The van der Waals surface area contributed by atoms with Crippen LogP contribution in [-0.2, 0) is 4.79 Å². The fraction of sp³-hybridized carbons (Fsp3) is 0.333.